The number of benzene rings is 2. The molecule has 0 radical (unpaired) electrons. The molecule has 5 heteroatoms. The summed E-state index contributed by atoms with van der Waals surface area (Å²) in [6.45, 7) is 0.950. The molecule has 1 amide bonds. The molecule has 0 bridgehead atoms. The second kappa shape index (κ2) is 8.48. The molecule has 0 N–H and O–H groups in total. The smallest absolute Gasteiger partial charge is 0.310 e. The van der Waals surface area contributed by atoms with Crippen molar-refractivity contribution < 1.29 is 14.3 Å². The van der Waals surface area contributed by atoms with Crippen LogP contribution in [0.25, 0.3) is 0 Å². The van der Waals surface area contributed by atoms with Crippen LogP contribution in [0.15, 0.2) is 53.0 Å². The first-order valence-corrected chi connectivity index (χ1v) is 10.7. The average Bonchev–Trinajstić information content (AvgIpc) is 3.17. The number of fused-ring (bicyclic) bond motifs is 1. The highest BCUT2D eigenvalue weighted by Gasteiger charge is 2.40. The van der Waals surface area contributed by atoms with Crippen molar-refractivity contribution in [2.75, 3.05) is 11.4 Å². The van der Waals surface area contributed by atoms with Crippen LogP contribution in [-0.4, -0.2) is 18.4 Å². The quantitative estimate of drug-likeness (QED) is 0.634. The van der Waals surface area contributed by atoms with E-state index in [1.54, 1.807) is 0 Å². The molecule has 1 heterocycles. The lowest BCUT2D eigenvalue weighted by Gasteiger charge is -2.32. The summed E-state index contributed by atoms with van der Waals surface area (Å²) in [5.41, 5.74) is 3.16. The molecule has 2 aliphatic rings. The van der Waals surface area contributed by atoms with Gasteiger partial charge in [0.25, 0.3) is 0 Å². The van der Waals surface area contributed by atoms with Crippen LogP contribution >= 0.6 is 15.9 Å². The summed E-state index contributed by atoms with van der Waals surface area (Å²) < 4.78 is 6.59. The van der Waals surface area contributed by atoms with Crippen LogP contribution in [0.4, 0.5) is 5.69 Å². The Hall–Kier alpha value is -2.14. The lowest BCUT2D eigenvalue weighted by Crippen LogP contribution is -2.42. The van der Waals surface area contributed by atoms with Gasteiger partial charge < -0.3 is 9.64 Å². The lowest BCUT2D eigenvalue weighted by atomic mass is 9.78. The van der Waals surface area contributed by atoms with Crippen molar-refractivity contribution in [3.8, 4) is 0 Å². The molecule has 4 rings (SSSR count). The van der Waals surface area contributed by atoms with Crippen LogP contribution in [0.5, 0.6) is 0 Å². The van der Waals surface area contributed by atoms with Crippen LogP contribution < -0.4 is 4.90 Å². The van der Waals surface area contributed by atoms with Crippen molar-refractivity contribution in [1.82, 2.24) is 0 Å². The Morgan fingerprint density at radius 2 is 1.71 bits per heavy atom. The van der Waals surface area contributed by atoms with E-state index in [0.29, 0.717) is 6.54 Å². The number of carbonyl (C=O) groups is 2. The van der Waals surface area contributed by atoms with Crippen LogP contribution in [0.1, 0.15) is 36.8 Å². The standard InChI is InChI=1S/C23H24BrNO3/c24-18-11-9-16(10-12-18)15-28-23(27)20-7-3-2-6-19(20)22(26)25-14-13-17-5-1-4-8-21(17)25/h1,4-5,8-12,19-20H,2-3,6-7,13-15H2/t19-,20-/m1/s1. The van der Waals surface area contributed by atoms with E-state index in [2.05, 4.69) is 22.0 Å². The van der Waals surface area contributed by atoms with E-state index in [0.717, 1.165) is 47.8 Å². The Balaban J connectivity index is 1.44. The summed E-state index contributed by atoms with van der Waals surface area (Å²) >= 11 is 3.41. The summed E-state index contributed by atoms with van der Waals surface area (Å²) in [5.74, 6) is -0.787. The van der Waals surface area contributed by atoms with Crippen molar-refractivity contribution in [3.63, 3.8) is 0 Å². The summed E-state index contributed by atoms with van der Waals surface area (Å²) in [6, 6.07) is 15.8. The number of para-hydroxylation sites is 1. The highest BCUT2D eigenvalue weighted by atomic mass is 79.9. The Labute approximate surface area is 174 Å². The largest absolute Gasteiger partial charge is 0.461 e. The van der Waals surface area contributed by atoms with Gasteiger partial charge in [-0.25, -0.2) is 0 Å². The van der Waals surface area contributed by atoms with E-state index in [4.69, 9.17) is 4.74 Å². The maximum Gasteiger partial charge on any atom is 0.310 e. The molecule has 1 saturated carbocycles. The second-order valence-electron chi connectivity index (χ2n) is 7.60. The number of hydrogen-bond donors (Lipinski definition) is 0. The summed E-state index contributed by atoms with van der Waals surface area (Å²) in [5, 5.41) is 0. The molecule has 4 nitrogen and oxygen atoms in total. The molecule has 146 valence electrons. The molecule has 2 aromatic rings. The molecule has 0 aromatic heterocycles. The van der Waals surface area contributed by atoms with E-state index in [1.165, 1.54) is 5.56 Å². The van der Waals surface area contributed by atoms with Gasteiger partial charge in [0.1, 0.15) is 6.61 Å². The highest BCUT2D eigenvalue weighted by molar-refractivity contribution is 9.10. The van der Waals surface area contributed by atoms with E-state index < -0.39 is 0 Å². The van der Waals surface area contributed by atoms with Gasteiger partial charge in [0.05, 0.1) is 11.8 Å². The third-order valence-corrected chi connectivity index (χ3v) is 6.36. The minimum absolute atomic E-state index is 0.0789. The minimum Gasteiger partial charge on any atom is -0.461 e. The summed E-state index contributed by atoms with van der Waals surface area (Å²) in [4.78, 5) is 28.0. The summed E-state index contributed by atoms with van der Waals surface area (Å²) in [6.07, 6.45) is 4.33. The number of halogens is 1. The number of amides is 1. The molecular weight excluding hydrogens is 418 g/mol. The van der Waals surface area contributed by atoms with Gasteiger partial charge in [0, 0.05) is 16.7 Å². The Morgan fingerprint density at radius 1 is 1.00 bits per heavy atom. The number of nitrogens with zero attached hydrogens (tertiary/aromatic N) is 1. The maximum atomic E-state index is 13.3. The van der Waals surface area contributed by atoms with Crippen molar-refractivity contribution in [2.24, 2.45) is 11.8 Å². The van der Waals surface area contributed by atoms with Gasteiger partial charge in [-0.2, -0.15) is 0 Å². The monoisotopic (exact) mass is 441 g/mol. The van der Waals surface area contributed by atoms with E-state index in [9.17, 15) is 9.59 Å². The van der Waals surface area contributed by atoms with Crippen molar-refractivity contribution in [1.29, 1.82) is 0 Å². The van der Waals surface area contributed by atoms with Gasteiger partial charge in [-0.15, -0.1) is 0 Å². The third-order valence-electron chi connectivity index (χ3n) is 5.83. The predicted molar refractivity (Wildman–Crippen MR) is 112 cm³/mol. The molecule has 0 unspecified atom stereocenters. The predicted octanol–water partition coefficient (Wildman–Crippen LogP) is 4.89. The number of carbonyl (C=O) groups excluding carboxylic acids is 2. The number of ether oxygens (including phenoxy) is 1. The van der Waals surface area contributed by atoms with E-state index in [1.807, 2.05) is 47.4 Å². The van der Waals surface area contributed by atoms with Gasteiger partial charge in [0.15, 0.2) is 0 Å². The molecule has 2 aromatic carbocycles. The zero-order chi connectivity index (χ0) is 19.5. The molecule has 1 aliphatic heterocycles. The van der Waals surface area contributed by atoms with E-state index >= 15 is 0 Å². The normalized spacial score (nSPS) is 21.2. The molecule has 1 aliphatic carbocycles. The van der Waals surface area contributed by atoms with Crippen LogP contribution in [-0.2, 0) is 27.4 Å². The topological polar surface area (TPSA) is 46.6 Å². The molecule has 0 spiro atoms. The second-order valence-corrected chi connectivity index (χ2v) is 8.52. The SMILES string of the molecule is O=C(OCc1ccc(Br)cc1)[C@@H]1CCCC[C@H]1C(=O)N1CCc2ccccc21. The number of anilines is 1. The fourth-order valence-corrected chi connectivity index (χ4v) is 4.58. The summed E-state index contributed by atoms with van der Waals surface area (Å²) in [7, 11) is 0. The first-order valence-electron chi connectivity index (χ1n) is 9.94. The Bertz CT molecular complexity index is 864. The number of hydrogen-bond acceptors (Lipinski definition) is 3. The van der Waals surface area contributed by atoms with Gasteiger partial charge in [0.2, 0.25) is 5.91 Å². The Kier molecular flexibility index (Phi) is 5.81. The Morgan fingerprint density at radius 3 is 2.50 bits per heavy atom. The lowest BCUT2D eigenvalue weighted by molar-refractivity contribution is -0.155. The molecule has 1 fully saturated rings. The highest BCUT2D eigenvalue weighted by Crippen LogP contribution is 2.36. The molecule has 0 saturated heterocycles. The van der Waals surface area contributed by atoms with Crippen LogP contribution in [0.2, 0.25) is 0 Å². The molecular formula is C23H24BrNO3. The van der Waals surface area contributed by atoms with Gasteiger partial charge in [-0.3, -0.25) is 9.59 Å². The fourth-order valence-electron chi connectivity index (χ4n) is 4.32. The van der Waals surface area contributed by atoms with Crippen molar-refractivity contribution in [3.05, 3.63) is 64.1 Å². The first kappa shape index (κ1) is 19.2. The van der Waals surface area contributed by atoms with Crippen LogP contribution in [0, 0.1) is 11.8 Å². The fraction of sp³-hybridized carbons (Fsp3) is 0.391. The zero-order valence-corrected chi connectivity index (χ0v) is 17.4. The van der Waals surface area contributed by atoms with E-state index in [-0.39, 0.29) is 30.3 Å². The zero-order valence-electron chi connectivity index (χ0n) is 15.8. The first-order chi connectivity index (χ1) is 13.6. The average molecular weight is 442 g/mol. The molecule has 2 atom stereocenters. The minimum atomic E-state index is -0.343. The van der Waals surface area contributed by atoms with Gasteiger partial charge >= 0.3 is 5.97 Å². The van der Waals surface area contributed by atoms with Gasteiger partial charge in [-0.1, -0.05) is 59.1 Å². The molecule has 28 heavy (non-hydrogen) atoms. The van der Waals surface area contributed by atoms with Gasteiger partial charge in [-0.05, 0) is 48.6 Å². The number of rotatable bonds is 4. The van der Waals surface area contributed by atoms with Crippen LogP contribution in [0.3, 0.4) is 0 Å². The third kappa shape index (κ3) is 4.00. The van der Waals surface area contributed by atoms with Crippen molar-refractivity contribution in [2.45, 2.75) is 38.7 Å². The van der Waals surface area contributed by atoms with Crippen molar-refractivity contribution >= 4 is 33.5 Å². The maximum absolute atomic E-state index is 13.3. The number of esters is 1.